The molecule has 1 heterocycles. The van der Waals surface area contributed by atoms with Gasteiger partial charge in [-0.25, -0.2) is 3.93 Å². The number of halogens is 1. The molecule has 1 aliphatic heterocycles. The molecule has 0 unspecified atom stereocenters. The average Bonchev–Trinajstić information content (AvgIpc) is 2.52. The SMILES string of the molecule is Cc1ccccc1.O=C1CCC(=O)N1Br. The number of carbonyl (C=O) groups is 2. The highest BCUT2D eigenvalue weighted by atomic mass is 79.9. The number of rotatable bonds is 0. The van der Waals surface area contributed by atoms with Crippen molar-refractivity contribution in [2.75, 3.05) is 0 Å². The van der Waals surface area contributed by atoms with E-state index in [4.69, 9.17) is 0 Å². The van der Waals surface area contributed by atoms with Crippen molar-refractivity contribution in [2.24, 2.45) is 0 Å². The maximum absolute atomic E-state index is 10.4. The van der Waals surface area contributed by atoms with Gasteiger partial charge in [0, 0.05) is 12.8 Å². The van der Waals surface area contributed by atoms with Crippen LogP contribution in [0.2, 0.25) is 0 Å². The van der Waals surface area contributed by atoms with Gasteiger partial charge in [-0.05, 0) is 6.92 Å². The lowest BCUT2D eigenvalue weighted by molar-refractivity contribution is -0.131. The third-order valence-corrected chi connectivity index (χ3v) is 2.72. The molecule has 0 radical (unpaired) electrons. The Hall–Kier alpha value is -1.16. The minimum absolute atomic E-state index is 0.144. The lowest BCUT2D eigenvalue weighted by atomic mass is 10.2. The summed E-state index contributed by atoms with van der Waals surface area (Å²) in [6.07, 6.45) is 0.703. The first kappa shape index (κ1) is 11.9. The van der Waals surface area contributed by atoms with E-state index in [9.17, 15) is 9.59 Å². The second-order valence-electron chi connectivity index (χ2n) is 3.22. The Balaban J connectivity index is 0.000000151. The van der Waals surface area contributed by atoms with Crippen molar-refractivity contribution in [1.29, 1.82) is 0 Å². The molecule has 1 fully saturated rings. The third-order valence-electron chi connectivity index (χ3n) is 1.93. The van der Waals surface area contributed by atoms with Crippen LogP contribution in [0.4, 0.5) is 0 Å². The molecule has 0 saturated carbocycles. The van der Waals surface area contributed by atoms with Crippen LogP contribution in [0.3, 0.4) is 0 Å². The lowest BCUT2D eigenvalue weighted by Crippen LogP contribution is -2.16. The van der Waals surface area contributed by atoms with Crippen molar-refractivity contribution in [3.05, 3.63) is 35.9 Å². The summed E-state index contributed by atoms with van der Waals surface area (Å²) in [5, 5.41) is 0. The number of nitrogens with zero attached hydrogens (tertiary/aromatic N) is 1. The summed E-state index contributed by atoms with van der Waals surface area (Å²) >= 11 is 2.80. The highest BCUT2D eigenvalue weighted by Crippen LogP contribution is 2.14. The van der Waals surface area contributed by atoms with E-state index in [1.54, 1.807) is 0 Å². The van der Waals surface area contributed by atoms with Crippen LogP contribution in [-0.4, -0.2) is 15.7 Å². The van der Waals surface area contributed by atoms with E-state index in [0.717, 1.165) is 3.93 Å². The zero-order valence-corrected chi connectivity index (χ0v) is 10.0. The lowest BCUT2D eigenvalue weighted by Gasteiger charge is -1.97. The molecule has 0 bridgehead atoms. The van der Waals surface area contributed by atoms with Crippen LogP contribution in [-0.2, 0) is 9.59 Å². The van der Waals surface area contributed by atoms with Crippen LogP contribution in [0.5, 0.6) is 0 Å². The monoisotopic (exact) mass is 269 g/mol. The molecule has 1 aromatic carbocycles. The molecular formula is C11H12BrNO2. The molecular weight excluding hydrogens is 258 g/mol. The average molecular weight is 270 g/mol. The number of amides is 2. The Morgan fingerprint density at radius 3 is 1.73 bits per heavy atom. The predicted octanol–water partition coefficient (Wildman–Crippen LogP) is 2.44. The summed E-state index contributed by atoms with van der Waals surface area (Å²) in [7, 11) is 0. The molecule has 4 heteroatoms. The summed E-state index contributed by atoms with van der Waals surface area (Å²) in [5.41, 5.74) is 1.32. The largest absolute Gasteiger partial charge is 0.274 e. The number of hydrogen-bond donors (Lipinski definition) is 0. The van der Waals surface area contributed by atoms with Crippen LogP contribution < -0.4 is 0 Å². The minimum Gasteiger partial charge on any atom is -0.274 e. The van der Waals surface area contributed by atoms with Gasteiger partial charge in [0.2, 0.25) is 11.8 Å². The fourth-order valence-electron chi connectivity index (χ4n) is 1.08. The van der Waals surface area contributed by atoms with E-state index < -0.39 is 0 Å². The van der Waals surface area contributed by atoms with E-state index in [0.29, 0.717) is 12.8 Å². The minimum atomic E-state index is -0.144. The van der Waals surface area contributed by atoms with E-state index in [2.05, 4.69) is 35.2 Å². The first-order valence-corrected chi connectivity index (χ1v) is 5.35. The first-order valence-electron chi connectivity index (χ1n) is 4.64. The van der Waals surface area contributed by atoms with Gasteiger partial charge in [0.25, 0.3) is 0 Å². The normalized spacial score (nSPS) is 14.9. The van der Waals surface area contributed by atoms with Gasteiger partial charge in [-0.2, -0.15) is 0 Å². The Morgan fingerprint density at radius 1 is 1.07 bits per heavy atom. The van der Waals surface area contributed by atoms with Crippen LogP contribution >= 0.6 is 16.1 Å². The van der Waals surface area contributed by atoms with Crippen molar-refractivity contribution in [3.63, 3.8) is 0 Å². The van der Waals surface area contributed by atoms with Gasteiger partial charge >= 0.3 is 0 Å². The van der Waals surface area contributed by atoms with Gasteiger partial charge in [-0.15, -0.1) is 0 Å². The Kier molecular flexibility index (Phi) is 4.49. The predicted molar refractivity (Wildman–Crippen MR) is 61.2 cm³/mol. The van der Waals surface area contributed by atoms with Gasteiger partial charge in [-0.1, -0.05) is 35.9 Å². The summed E-state index contributed by atoms with van der Waals surface area (Å²) in [5.74, 6) is -0.287. The molecule has 15 heavy (non-hydrogen) atoms. The number of aryl methyl sites for hydroxylation is 1. The van der Waals surface area contributed by atoms with Gasteiger partial charge in [-0.3, -0.25) is 9.59 Å². The molecule has 2 rings (SSSR count). The zero-order valence-electron chi connectivity index (χ0n) is 8.44. The van der Waals surface area contributed by atoms with E-state index in [1.807, 2.05) is 18.2 Å². The Bertz CT molecular complexity index is 335. The highest BCUT2D eigenvalue weighted by Gasteiger charge is 2.26. The fraction of sp³-hybridized carbons (Fsp3) is 0.273. The van der Waals surface area contributed by atoms with Gasteiger partial charge in [0.1, 0.15) is 0 Å². The molecule has 0 aromatic heterocycles. The van der Waals surface area contributed by atoms with Gasteiger partial charge in [0.05, 0.1) is 16.1 Å². The molecule has 1 saturated heterocycles. The van der Waals surface area contributed by atoms with Crippen LogP contribution in [0.1, 0.15) is 18.4 Å². The zero-order chi connectivity index (χ0) is 11.3. The maximum Gasteiger partial charge on any atom is 0.239 e. The van der Waals surface area contributed by atoms with Crippen LogP contribution in [0, 0.1) is 6.92 Å². The van der Waals surface area contributed by atoms with Crippen LogP contribution in [0.15, 0.2) is 30.3 Å². The molecule has 3 nitrogen and oxygen atoms in total. The number of hydrogen-bond acceptors (Lipinski definition) is 2. The van der Waals surface area contributed by atoms with E-state index in [1.165, 1.54) is 5.56 Å². The van der Waals surface area contributed by atoms with E-state index in [-0.39, 0.29) is 11.8 Å². The Morgan fingerprint density at radius 2 is 1.53 bits per heavy atom. The quantitative estimate of drug-likeness (QED) is 0.536. The molecule has 80 valence electrons. The summed E-state index contributed by atoms with van der Waals surface area (Å²) in [4.78, 5) is 20.9. The maximum atomic E-state index is 10.4. The molecule has 1 aromatic rings. The second-order valence-corrected chi connectivity index (χ2v) is 3.93. The van der Waals surface area contributed by atoms with Crippen LogP contribution in [0.25, 0.3) is 0 Å². The Labute approximate surface area is 97.4 Å². The van der Waals surface area contributed by atoms with Gasteiger partial charge in [0.15, 0.2) is 0 Å². The summed E-state index contributed by atoms with van der Waals surface area (Å²) in [6, 6.07) is 10.3. The molecule has 2 amide bonds. The first-order chi connectivity index (χ1) is 7.11. The second kappa shape index (κ2) is 5.66. The van der Waals surface area contributed by atoms with Gasteiger partial charge < -0.3 is 0 Å². The smallest absolute Gasteiger partial charge is 0.239 e. The van der Waals surface area contributed by atoms with Crippen molar-refractivity contribution < 1.29 is 9.59 Å². The van der Waals surface area contributed by atoms with Crippen molar-refractivity contribution in [1.82, 2.24) is 3.93 Å². The third kappa shape index (κ3) is 3.83. The van der Waals surface area contributed by atoms with Crippen molar-refractivity contribution in [2.45, 2.75) is 19.8 Å². The highest BCUT2D eigenvalue weighted by molar-refractivity contribution is 9.08. The molecule has 0 spiro atoms. The fourth-order valence-corrected chi connectivity index (χ4v) is 1.44. The molecule has 0 atom stereocenters. The van der Waals surface area contributed by atoms with Crippen molar-refractivity contribution in [3.8, 4) is 0 Å². The topological polar surface area (TPSA) is 37.4 Å². The standard InChI is InChI=1S/C7H8.C4H4BrNO2/c1-7-5-3-2-4-6-7;5-6-3(7)1-2-4(6)8/h2-6H,1H3;1-2H2. The molecule has 1 aliphatic rings. The number of carbonyl (C=O) groups excluding carboxylic acids is 2. The molecule has 0 aliphatic carbocycles. The number of benzene rings is 1. The number of imide groups is 1. The van der Waals surface area contributed by atoms with E-state index >= 15 is 0 Å². The molecule has 0 N–H and O–H groups in total. The summed E-state index contributed by atoms with van der Waals surface area (Å²) < 4.78 is 0.979. The van der Waals surface area contributed by atoms with Crippen molar-refractivity contribution >= 4 is 28.0 Å². The summed E-state index contributed by atoms with van der Waals surface area (Å²) in [6.45, 7) is 2.08.